The second-order valence-corrected chi connectivity index (χ2v) is 4.65. The summed E-state index contributed by atoms with van der Waals surface area (Å²) in [6, 6.07) is 0. The fourth-order valence-corrected chi connectivity index (χ4v) is 1.39. The van der Waals surface area contributed by atoms with Gasteiger partial charge in [0.2, 0.25) is 0 Å². The fourth-order valence-electron chi connectivity index (χ4n) is 0.938. The van der Waals surface area contributed by atoms with Crippen molar-refractivity contribution in [3.63, 3.8) is 0 Å². The van der Waals surface area contributed by atoms with E-state index in [-0.39, 0.29) is 5.03 Å². The molecule has 0 amide bonds. The van der Waals surface area contributed by atoms with Crippen LogP contribution in [0.2, 0.25) is 0 Å². The number of allylic oxidation sites excluding steroid dienone is 7. The molecule has 0 radical (unpaired) electrons. The third kappa shape index (κ3) is 5.83. The smallest absolute Gasteiger partial charge is 0.254 e. The Labute approximate surface area is 106 Å². The minimum absolute atomic E-state index is 0.109. The maximum Gasteiger partial charge on any atom is 0.254 e. The molecule has 0 bridgehead atoms. The Morgan fingerprint density at radius 3 is 2.28 bits per heavy atom. The molecule has 6 nitrogen and oxygen atoms in total. The van der Waals surface area contributed by atoms with E-state index in [1.807, 2.05) is 36.7 Å². The summed E-state index contributed by atoms with van der Waals surface area (Å²) < 4.78 is 21.4. The van der Waals surface area contributed by atoms with Gasteiger partial charge >= 0.3 is 0 Å². The lowest BCUT2D eigenvalue weighted by Gasteiger charge is -1.99. The van der Waals surface area contributed by atoms with Crippen LogP contribution in [0.25, 0.3) is 0 Å². The minimum Gasteiger partial charge on any atom is -0.368 e. The van der Waals surface area contributed by atoms with E-state index in [0.717, 1.165) is 0 Å². The lowest BCUT2D eigenvalue weighted by atomic mass is 10.5. The molecule has 0 fully saturated rings. The number of rotatable bonds is 1. The van der Waals surface area contributed by atoms with Crippen LogP contribution in [0.3, 0.4) is 0 Å². The third-order valence-corrected chi connectivity index (χ3v) is 2.56. The van der Waals surface area contributed by atoms with Gasteiger partial charge in [0.1, 0.15) is 0 Å². The van der Waals surface area contributed by atoms with E-state index >= 15 is 0 Å². The van der Waals surface area contributed by atoms with E-state index in [0.29, 0.717) is 0 Å². The highest BCUT2D eigenvalue weighted by atomic mass is 32.2. The van der Waals surface area contributed by atoms with Crippen molar-refractivity contribution in [1.82, 2.24) is 10.7 Å². The van der Waals surface area contributed by atoms with E-state index in [1.54, 1.807) is 6.08 Å². The van der Waals surface area contributed by atoms with Gasteiger partial charge in [-0.1, -0.05) is 18.2 Å². The molecule has 0 atom stereocenters. The first-order chi connectivity index (χ1) is 8.61. The fraction of sp³-hybridized carbons (Fsp3) is 0. The number of nitrogens with one attached hydrogen (secondary N) is 2. The van der Waals surface area contributed by atoms with Gasteiger partial charge in [-0.25, -0.2) is 13.6 Å². The lowest BCUT2D eigenvalue weighted by molar-refractivity contribution is 0.600. The van der Waals surface area contributed by atoms with Crippen LogP contribution < -0.4 is 15.9 Å². The molecule has 2 aliphatic heterocycles. The first-order valence-corrected chi connectivity index (χ1v) is 6.58. The quantitative estimate of drug-likeness (QED) is 0.641. The van der Waals surface area contributed by atoms with Crippen LogP contribution in [0.15, 0.2) is 65.1 Å². The summed E-state index contributed by atoms with van der Waals surface area (Å²) in [5, 5.41) is 11.2. The van der Waals surface area contributed by atoms with Gasteiger partial charge in [-0.3, -0.25) is 5.43 Å². The summed E-state index contributed by atoms with van der Waals surface area (Å²) in [6.45, 7) is 0. The Kier molecular flexibility index (Phi) is 5.62. The largest absolute Gasteiger partial charge is 0.368 e. The zero-order chi connectivity index (χ0) is 13.3. The van der Waals surface area contributed by atoms with Crippen molar-refractivity contribution < 1.29 is 8.42 Å². The van der Waals surface area contributed by atoms with E-state index in [4.69, 9.17) is 5.14 Å². The van der Waals surface area contributed by atoms with Crippen LogP contribution in [0.4, 0.5) is 0 Å². The highest BCUT2D eigenvalue weighted by Crippen LogP contribution is 1.98. The van der Waals surface area contributed by atoms with Crippen molar-refractivity contribution in [2.75, 3.05) is 0 Å². The summed E-state index contributed by atoms with van der Waals surface area (Å²) in [7, 11) is -3.66. The molecular formula is C11H14N4O2S. The Morgan fingerprint density at radius 1 is 1.00 bits per heavy atom. The predicted molar refractivity (Wildman–Crippen MR) is 72.5 cm³/mol. The number of sulfonamides is 1. The van der Waals surface area contributed by atoms with Gasteiger partial charge in [0, 0.05) is 18.6 Å². The minimum atomic E-state index is -3.66. The highest BCUT2D eigenvalue weighted by Gasteiger charge is 2.09. The normalized spacial score (nSPS) is 16.6. The molecule has 0 aromatic heterocycles. The number of nitrogens with zero attached hydrogens (tertiary/aromatic N) is 1. The maximum absolute atomic E-state index is 10.7. The molecule has 0 aliphatic carbocycles. The first-order valence-electron chi connectivity index (χ1n) is 5.04. The van der Waals surface area contributed by atoms with E-state index in [1.165, 1.54) is 18.4 Å². The SMILES string of the molecule is C1=CC=CNC=C1.NS(=O)(=O)C1=CC=CC=NN1. The average Bonchev–Trinajstić information content (AvgIpc) is 2.76. The molecule has 7 heteroatoms. The predicted octanol–water partition coefficient (Wildman–Crippen LogP) is 0.435. The second-order valence-electron chi connectivity index (χ2n) is 3.12. The molecular weight excluding hydrogens is 252 g/mol. The molecule has 0 saturated carbocycles. The van der Waals surface area contributed by atoms with E-state index in [9.17, 15) is 8.42 Å². The van der Waals surface area contributed by atoms with Gasteiger partial charge in [-0.15, -0.1) is 0 Å². The molecule has 2 rings (SSSR count). The molecule has 2 aliphatic rings. The summed E-state index contributed by atoms with van der Waals surface area (Å²) >= 11 is 0. The van der Waals surface area contributed by atoms with Crippen molar-refractivity contribution in [3.05, 3.63) is 60.0 Å². The molecule has 0 aromatic rings. The van der Waals surface area contributed by atoms with Gasteiger partial charge in [0.15, 0.2) is 5.03 Å². The van der Waals surface area contributed by atoms with Crippen molar-refractivity contribution >= 4 is 16.2 Å². The Balaban J connectivity index is 0.000000199. The van der Waals surface area contributed by atoms with Gasteiger partial charge < -0.3 is 5.32 Å². The van der Waals surface area contributed by atoms with E-state index in [2.05, 4.69) is 15.8 Å². The topological polar surface area (TPSA) is 96.6 Å². The average molecular weight is 266 g/mol. The molecule has 0 unspecified atom stereocenters. The van der Waals surface area contributed by atoms with Crippen LogP contribution in [-0.2, 0) is 10.0 Å². The van der Waals surface area contributed by atoms with Gasteiger partial charge in [0.25, 0.3) is 10.0 Å². The van der Waals surface area contributed by atoms with E-state index < -0.39 is 10.0 Å². The molecule has 96 valence electrons. The van der Waals surface area contributed by atoms with Crippen molar-refractivity contribution in [2.45, 2.75) is 0 Å². The number of hydrogen-bond acceptors (Lipinski definition) is 5. The van der Waals surface area contributed by atoms with Crippen molar-refractivity contribution in [2.24, 2.45) is 10.2 Å². The van der Waals surface area contributed by atoms with Crippen molar-refractivity contribution in [3.8, 4) is 0 Å². The zero-order valence-electron chi connectivity index (χ0n) is 9.52. The molecule has 0 saturated heterocycles. The standard InChI is InChI=1S/C6H7N.C5H7N3O2S/c1-2-4-6-7-5-3-1;6-11(9,10)5-3-1-2-4-7-8-5/h1-7H;1-4,8H,(H2,6,9,10). The first kappa shape index (κ1) is 13.9. The maximum atomic E-state index is 10.7. The Bertz CT molecular complexity index is 525. The highest BCUT2D eigenvalue weighted by molar-refractivity contribution is 7.93. The molecule has 4 N–H and O–H groups in total. The summed E-state index contributed by atoms with van der Waals surface area (Å²) in [5.74, 6) is 0. The molecule has 0 aromatic carbocycles. The summed E-state index contributed by atoms with van der Waals surface area (Å²) in [6.07, 6.45) is 17.5. The van der Waals surface area contributed by atoms with Gasteiger partial charge in [-0.2, -0.15) is 5.10 Å². The second kappa shape index (κ2) is 7.25. The lowest BCUT2D eigenvalue weighted by Crippen LogP contribution is -2.22. The number of primary sulfonamides is 1. The number of hydrogen-bond donors (Lipinski definition) is 3. The van der Waals surface area contributed by atoms with Crippen molar-refractivity contribution in [1.29, 1.82) is 0 Å². The summed E-state index contributed by atoms with van der Waals surface area (Å²) in [5.41, 5.74) is 2.28. The van der Waals surface area contributed by atoms with Crippen LogP contribution in [0.1, 0.15) is 0 Å². The molecule has 2 heterocycles. The van der Waals surface area contributed by atoms with Crippen LogP contribution in [0, 0.1) is 0 Å². The number of nitrogens with two attached hydrogens (primary N) is 1. The molecule has 18 heavy (non-hydrogen) atoms. The Morgan fingerprint density at radius 2 is 1.67 bits per heavy atom. The Hall–Kier alpha value is -2.12. The monoisotopic (exact) mass is 266 g/mol. The third-order valence-electron chi connectivity index (χ3n) is 1.72. The molecule has 0 spiro atoms. The van der Waals surface area contributed by atoms with Crippen LogP contribution >= 0.6 is 0 Å². The van der Waals surface area contributed by atoms with Gasteiger partial charge in [0.05, 0.1) is 0 Å². The summed E-state index contributed by atoms with van der Waals surface area (Å²) in [4.78, 5) is 0. The van der Waals surface area contributed by atoms with Crippen LogP contribution in [-0.4, -0.2) is 14.6 Å². The zero-order valence-corrected chi connectivity index (χ0v) is 10.3. The van der Waals surface area contributed by atoms with Crippen LogP contribution in [0.5, 0.6) is 0 Å². The van der Waals surface area contributed by atoms with Gasteiger partial charge in [-0.05, 0) is 24.3 Å². The number of hydrazone groups is 1.